The van der Waals surface area contributed by atoms with E-state index < -0.39 is 0 Å². The fourth-order valence-electron chi connectivity index (χ4n) is 1.01. The largest absolute Gasteiger partial charge is 0.399 e. The fraction of sp³-hybridized carbons (Fsp3) is 0.0769. The number of thioether (sulfide) groups is 1. The lowest BCUT2D eigenvalue weighted by molar-refractivity contribution is 1.47. The van der Waals surface area contributed by atoms with Crippen LogP contribution in [0, 0.1) is 0 Å². The van der Waals surface area contributed by atoms with Gasteiger partial charge in [-0.15, -0.1) is 11.8 Å². The van der Waals surface area contributed by atoms with Crippen LogP contribution < -0.4 is 5.73 Å². The molecule has 0 aromatic heterocycles. The van der Waals surface area contributed by atoms with Crippen LogP contribution in [-0.2, 0) is 0 Å². The topological polar surface area (TPSA) is 26.0 Å². The van der Waals surface area contributed by atoms with Crippen LogP contribution in [0.1, 0.15) is 0 Å². The minimum absolute atomic E-state index is 0.822. The van der Waals surface area contributed by atoms with Crippen molar-refractivity contribution in [2.75, 3.05) is 12.0 Å². The lowest BCUT2D eigenvalue weighted by atomic mass is 10.3. The predicted molar refractivity (Wildman–Crippen MR) is 69.1 cm³/mol. The van der Waals surface area contributed by atoms with Gasteiger partial charge in [0.05, 0.1) is 0 Å². The van der Waals surface area contributed by atoms with Gasteiger partial charge in [0, 0.05) is 10.6 Å². The second kappa shape index (κ2) is 6.96. The quantitative estimate of drug-likeness (QED) is 0.582. The molecule has 0 heterocycles. The normalized spacial score (nSPS) is 8.87. The summed E-state index contributed by atoms with van der Waals surface area (Å²) in [4.78, 5) is 1.33. The highest BCUT2D eigenvalue weighted by molar-refractivity contribution is 7.98. The van der Waals surface area contributed by atoms with Crippen LogP contribution in [0.2, 0.25) is 0 Å². The number of nitrogens with two attached hydrogens (primary N) is 1. The summed E-state index contributed by atoms with van der Waals surface area (Å²) in [5.41, 5.74) is 6.18. The first-order valence-electron chi connectivity index (χ1n) is 4.72. The van der Waals surface area contributed by atoms with E-state index in [9.17, 15) is 0 Å². The van der Waals surface area contributed by atoms with Gasteiger partial charge in [-0.2, -0.15) is 0 Å². The monoisotopic (exact) mass is 217 g/mol. The van der Waals surface area contributed by atoms with Crippen LogP contribution in [0.3, 0.4) is 0 Å². The van der Waals surface area contributed by atoms with Crippen LogP contribution in [0.15, 0.2) is 65.6 Å². The van der Waals surface area contributed by atoms with Gasteiger partial charge in [0.25, 0.3) is 0 Å². The highest BCUT2D eigenvalue weighted by Crippen LogP contribution is 2.11. The van der Waals surface area contributed by atoms with E-state index in [4.69, 9.17) is 5.73 Å². The molecule has 0 fully saturated rings. The molecular formula is C13H15NS. The molecule has 0 spiro atoms. The molecule has 0 unspecified atom stereocenters. The van der Waals surface area contributed by atoms with Gasteiger partial charge in [0.1, 0.15) is 0 Å². The van der Waals surface area contributed by atoms with E-state index in [0.717, 1.165) is 5.69 Å². The zero-order valence-corrected chi connectivity index (χ0v) is 9.58. The third-order valence-electron chi connectivity index (χ3n) is 1.78. The van der Waals surface area contributed by atoms with Crippen molar-refractivity contribution in [2.24, 2.45) is 0 Å². The fourth-order valence-corrected chi connectivity index (χ4v) is 1.44. The first-order chi connectivity index (χ1) is 7.33. The standard InChI is InChI=1S/C7H8S.C6H7N/c1-8-7-5-3-2-4-6-7;7-6-4-2-1-3-5-6/h2-6H,1H3;1-5H,7H2. The number of hydrogen-bond acceptors (Lipinski definition) is 2. The van der Waals surface area contributed by atoms with E-state index >= 15 is 0 Å². The van der Waals surface area contributed by atoms with Gasteiger partial charge in [-0.3, -0.25) is 0 Å². The Morgan fingerprint density at radius 2 is 1.27 bits per heavy atom. The Morgan fingerprint density at radius 3 is 1.53 bits per heavy atom. The van der Waals surface area contributed by atoms with Crippen molar-refractivity contribution >= 4 is 17.4 Å². The second-order valence-corrected chi connectivity index (χ2v) is 3.81. The Labute approximate surface area is 95.3 Å². The summed E-state index contributed by atoms with van der Waals surface area (Å²) >= 11 is 1.77. The average Bonchev–Trinajstić information content (AvgIpc) is 2.32. The molecule has 0 saturated carbocycles. The Hall–Kier alpha value is -1.41. The molecule has 0 saturated heterocycles. The average molecular weight is 217 g/mol. The zero-order valence-electron chi connectivity index (χ0n) is 8.76. The first-order valence-corrected chi connectivity index (χ1v) is 5.95. The summed E-state index contributed by atoms with van der Waals surface area (Å²) in [6.07, 6.45) is 2.08. The zero-order chi connectivity index (χ0) is 10.9. The Balaban J connectivity index is 0.000000151. The van der Waals surface area contributed by atoms with Gasteiger partial charge in [0.2, 0.25) is 0 Å². The van der Waals surface area contributed by atoms with Gasteiger partial charge in [-0.25, -0.2) is 0 Å². The van der Waals surface area contributed by atoms with E-state index in [0.29, 0.717) is 0 Å². The van der Waals surface area contributed by atoms with Crippen molar-refractivity contribution in [1.29, 1.82) is 0 Å². The Kier molecular flexibility index (Phi) is 5.41. The Morgan fingerprint density at radius 1 is 0.800 bits per heavy atom. The molecule has 2 aromatic carbocycles. The van der Waals surface area contributed by atoms with E-state index in [2.05, 4.69) is 18.4 Å². The summed E-state index contributed by atoms with van der Waals surface area (Å²) < 4.78 is 0. The van der Waals surface area contributed by atoms with Gasteiger partial charge in [0.15, 0.2) is 0 Å². The molecule has 78 valence electrons. The molecule has 2 N–H and O–H groups in total. The maximum atomic E-state index is 5.36. The molecule has 1 nitrogen and oxygen atoms in total. The van der Waals surface area contributed by atoms with Gasteiger partial charge >= 0.3 is 0 Å². The molecule has 0 amide bonds. The molecular weight excluding hydrogens is 202 g/mol. The molecule has 0 atom stereocenters. The summed E-state index contributed by atoms with van der Waals surface area (Å²) in [7, 11) is 0. The number of anilines is 1. The molecule has 0 aliphatic carbocycles. The second-order valence-electron chi connectivity index (χ2n) is 2.93. The highest BCUT2D eigenvalue weighted by atomic mass is 32.2. The maximum absolute atomic E-state index is 5.36. The van der Waals surface area contributed by atoms with Crippen molar-refractivity contribution < 1.29 is 0 Å². The van der Waals surface area contributed by atoms with E-state index in [1.165, 1.54) is 4.90 Å². The van der Waals surface area contributed by atoms with Gasteiger partial charge in [-0.1, -0.05) is 36.4 Å². The number of hydrogen-bond donors (Lipinski definition) is 1. The smallest absolute Gasteiger partial charge is 0.0313 e. The minimum atomic E-state index is 0.822. The van der Waals surface area contributed by atoms with Crippen molar-refractivity contribution in [1.82, 2.24) is 0 Å². The molecule has 2 heteroatoms. The Bertz CT molecular complexity index is 359. The molecule has 0 radical (unpaired) electrons. The molecule has 0 bridgehead atoms. The number of rotatable bonds is 1. The van der Waals surface area contributed by atoms with E-state index in [1.54, 1.807) is 11.8 Å². The molecule has 0 aliphatic heterocycles. The third-order valence-corrected chi connectivity index (χ3v) is 2.52. The van der Waals surface area contributed by atoms with Crippen molar-refractivity contribution in [2.45, 2.75) is 4.90 Å². The summed E-state index contributed by atoms with van der Waals surface area (Å²) in [6.45, 7) is 0. The molecule has 15 heavy (non-hydrogen) atoms. The molecule has 0 aliphatic rings. The first kappa shape index (κ1) is 11.7. The van der Waals surface area contributed by atoms with Gasteiger partial charge in [-0.05, 0) is 30.5 Å². The summed E-state index contributed by atoms with van der Waals surface area (Å²) in [5, 5.41) is 0. The van der Waals surface area contributed by atoms with Crippen molar-refractivity contribution in [3.8, 4) is 0 Å². The molecule has 2 aromatic rings. The summed E-state index contributed by atoms with van der Waals surface area (Å²) in [6, 6.07) is 19.8. The third kappa shape index (κ3) is 5.13. The van der Waals surface area contributed by atoms with Crippen LogP contribution in [0.4, 0.5) is 5.69 Å². The van der Waals surface area contributed by atoms with Crippen molar-refractivity contribution in [3.63, 3.8) is 0 Å². The van der Waals surface area contributed by atoms with Crippen LogP contribution in [-0.4, -0.2) is 6.26 Å². The SMILES string of the molecule is CSc1ccccc1.Nc1ccccc1. The highest BCUT2D eigenvalue weighted by Gasteiger charge is 1.80. The minimum Gasteiger partial charge on any atom is -0.399 e. The molecule has 2 rings (SSSR count). The van der Waals surface area contributed by atoms with Crippen LogP contribution >= 0.6 is 11.8 Å². The van der Waals surface area contributed by atoms with Crippen LogP contribution in [0.25, 0.3) is 0 Å². The van der Waals surface area contributed by atoms with E-state index in [1.807, 2.05) is 48.5 Å². The summed E-state index contributed by atoms with van der Waals surface area (Å²) in [5.74, 6) is 0. The van der Waals surface area contributed by atoms with Gasteiger partial charge < -0.3 is 5.73 Å². The lowest BCUT2D eigenvalue weighted by Crippen LogP contribution is -1.79. The number of benzene rings is 2. The number of nitrogen functional groups attached to an aromatic ring is 1. The maximum Gasteiger partial charge on any atom is 0.0313 e. The number of para-hydroxylation sites is 1. The van der Waals surface area contributed by atoms with Crippen molar-refractivity contribution in [3.05, 3.63) is 60.7 Å². The predicted octanol–water partition coefficient (Wildman–Crippen LogP) is 3.68. The van der Waals surface area contributed by atoms with Crippen LogP contribution in [0.5, 0.6) is 0 Å². The van der Waals surface area contributed by atoms with E-state index in [-0.39, 0.29) is 0 Å². The lowest BCUT2D eigenvalue weighted by Gasteiger charge is -1.89.